The van der Waals surface area contributed by atoms with Crippen LogP contribution in [0.4, 0.5) is 8.78 Å². The number of amides is 1. The molecule has 130 valence electrons. The normalized spacial score (nSPS) is 26.2. The van der Waals surface area contributed by atoms with Crippen LogP contribution in [0.3, 0.4) is 0 Å². The molecule has 1 saturated heterocycles. The predicted octanol–water partition coefficient (Wildman–Crippen LogP) is 3.31. The lowest BCUT2D eigenvalue weighted by Gasteiger charge is -2.36. The second kappa shape index (κ2) is 6.87. The number of carbonyl (C=O) groups excluding carboxylic acids is 1. The first-order chi connectivity index (χ1) is 11.5. The third-order valence-electron chi connectivity index (χ3n) is 5.08. The fourth-order valence-corrected chi connectivity index (χ4v) is 3.67. The molecule has 0 unspecified atom stereocenters. The van der Waals surface area contributed by atoms with Crippen LogP contribution in [0.25, 0.3) is 0 Å². The first-order valence-electron chi connectivity index (χ1n) is 8.44. The van der Waals surface area contributed by atoms with Gasteiger partial charge in [-0.1, -0.05) is 6.07 Å². The molecular formula is C18H21F2NO3. The lowest BCUT2D eigenvalue weighted by molar-refractivity contribution is -0.140. The van der Waals surface area contributed by atoms with Crippen molar-refractivity contribution in [2.45, 2.75) is 50.5 Å². The fraction of sp³-hybridized carbons (Fsp3) is 0.556. The molecule has 0 radical (unpaired) electrons. The maximum absolute atomic E-state index is 13.4. The molecular weight excluding hydrogens is 316 g/mol. The highest BCUT2D eigenvalue weighted by Crippen LogP contribution is 2.49. The van der Waals surface area contributed by atoms with Crippen LogP contribution >= 0.6 is 0 Å². The molecule has 2 fully saturated rings. The molecule has 3 rings (SSSR count). The summed E-state index contributed by atoms with van der Waals surface area (Å²) in [6.45, 7) is 0.657. The molecule has 1 heterocycles. The third-order valence-corrected chi connectivity index (χ3v) is 5.08. The Bertz CT molecular complexity index is 649. The third kappa shape index (κ3) is 3.57. The number of nitrogens with zero attached hydrogens (tertiary/aromatic N) is 1. The Balaban J connectivity index is 1.65. The summed E-state index contributed by atoms with van der Waals surface area (Å²) < 4.78 is 26.4. The Kier molecular flexibility index (Phi) is 4.83. The first-order valence-corrected chi connectivity index (χ1v) is 8.44. The zero-order valence-corrected chi connectivity index (χ0v) is 13.4. The number of aliphatic carboxylic acids is 1. The zero-order chi connectivity index (χ0) is 17.3. The molecule has 24 heavy (non-hydrogen) atoms. The quantitative estimate of drug-likeness (QED) is 0.897. The highest BCUT2D eigenvalue weighted by atomic mass is 19.2. The van der Waals surface area contributed by atoms with E-state index in [4.69, 9.17) is 5.11 Å². The predicted molar refractivity (Wildman–Crippen MR) is 83.4 cm³/mol. The van der Waals surface area contributed by atoms with Crippen molar-refractivity contribution in [3.05, 3.63) is 35.4 Å². The molecule has 1 N–H and O–H groups in total. The molecule has 1 aliphatic carbocycles. The van der Waals surface area contributed by atoms with Crippen molar-refractivity contribution in [3.8, 4) is 0 Å². The topological polar surface area (TPSA) is 57.6 Å². The van der Waals surface area contributed by atoms with Crippen LogP contribution in [-0.2, 0) is 9.59 Å². The van der Waals surface area contributed by atoms with Gasteiger partial charge < -0.3 is 10.0 Å². The SMILES string of the molecule is O=C(O)CC[C@@H]1CCCCN1C(=O)[C@@H]1C[C@H]1c1ccc(F)c(F)c1. The van der Waals surface area contributed by atoms with Crippen molar-refractivity contribution < 1.29 is 23.5 Å². The van der Waals surface area contributed by atoms with Gasteiger partial charge in [0.1, 0.15) is 0 Å². The van der Waals surface area contributed by atoms with E-state index in [2.05, 4.69) is 0 Å². The molecule has 4 nitrogen and oxygen atoms in total. The minimum Gasteiger partial charge on any atom is -0.481 e. The fourth-order valence-electron chi connectivity index (χ4n) is 3.67. The van der Waals surface area contributed by atoms with Crippen LogP contribution in [0.15, 0.2) is 18.2 Å². The van der Waals surface area contributed by atoms with Gasteiger partial charge in [0.2, 0.25) is 5.91 Å². The van der Waals surface area contributed by atoms with Gasteiger partial charge in [0.15, 0.2) is 11.6 Å². The molecule has 3 atom stereocenters. The Morgan fingerprint density at radius 2 is 2.00 bits per heavy atom. The number of piperidine rings is 1. The number of carboxylic acids is 1. The molecule has 0 bridgehead atoms. The van der Waals surface area contributed by atoms with Gasteiger partial charge in [0.05, 0.1) is 0 Å². The van der Waals surface area contributed by atoms with Gasteiger partial charge in [-0.15, -0.1) is 0 Å². The van der Waals surface area contributed by atoms with Gasteiger partial charge in [-0.2, -0.15) is 0 Å². The van der Waals surface area contributed by atoms with E-state index >= 15 is 0 Å². The molecule has 0 aromatic heterocycles. The van der Waals surface area contributed by atoms with Crippen molar-refractivity contribution in [2.24, 2.45) is 5.92 Å². The number of halogens is 2. The van der Waals surface area contributed by atoms with Gasteiger partial charge in [0, 0.05) is 24.9 Å². The van der Waals surface area contributed by atoms with E-state index in [0.717, 1.165) is 25.3 Å². The summed E-state index contributed by atoms with van der Waals surface area (Å²) in [6, 6.07) is 3.79. The second-order valence-corrected chi connectivity index (χ2v) is 6.74. The van der Waals surface area contributed by atoms with E-state index < -0.39 is 17.6 Å². The average Bonchev–Trinajstić information content (AvgIpc) is 3.35. The van der Waals surface area contributed by atoms with Crippen LogP contribution in [0.2, 0.25) is 0 Å². The van der Waals surface area contributed by atoms with E-state index in [0.29, 0.717) is 24.9 Å². The lowest BCUT2D eigenvalue weighted by Crippen LogP contribution is -2.44. The highest BCUT2D eigenvalue weighted by Gasteiger charge is 2.47. The summed E-state index contributed by atoms with van der Waals surface area (Å²) in [4.78, 5) is 25.4. The summed E-state index contributed by atoms with van der Waals surface area (Å²) in [5, 5.41) is 8.86. The maximum atomic E-state index is 13.4. The van der Waals surface area contributed by atoms with Crippen LogP contribution < -0.4 is 0 Å². The Morgan fingerprint density at radius 3 is 2.71 bits per heavy atom. The van der Waals surface area contributed by atoms with Gasteiger partial charge in [0.25, 0.3) is 0 Å². The van der Waals surface area contributed by atoms with Gasteiger partial charge in [-0.3, -0.25) is 9.59 Å². The van der Waals surface area contributed by atoms with Crippen LogP contribution in [0, 0.1) is 17.6 Å². The highest BCUT2D eigenvalue weighted by molar-refractivity contribution is 5.83. The summed E-state index contributed by atoms with van der Waals surface area (Å²) in [5.41, 5.74) is 0.659. The molecule has 1 aromatic carbocycles. The van der Waals surface area contributed by atoms with Crippen LogP contribution in [-0.4, -0.2) is 34.5 Å². The van der Waals surface area contributed by atoms with Crippen LogP contribution in [0.1, 0.15) is 50.0 Å². The minimum absolute atomic E-state index is 0.0199. The number of carbonyl (C=O) groups is 2. The summed E-state index contributed by atoms with van der Waals surface area (Å²) in [7, 11) is 0. The molecule has 1 aliphatic heterocycles. The molecule has 0 spiro atoms. The molecule has 1 aromatic rings. The number of carboxylic acid groups (broad SMARTS) is 1. The van der Waals surface area contributed by atoms with Crippen molar-refractivity contribution in [2.75, 3.05) is 6.54 Å². The number of hydrogen-bond acceptors (Lipinski definition) is 2. The van der Waals surface area contributed by atoms with Crippen molar-refractivity contribution >= 4 is 11.9 Å². The minimum atomic E-state index is -0.886. The van der Waals surface area contributed by atoms with Crippen molar-refractivity contribution in [1.29, 1.82) is 0 Å². The van der Waals surface area contributed by atoms with Crippen molar-refractivity contribution in [3.63, 3.8) is 0 Å². The summed E-state index contributed by atoms with van der Waals surface area (Å²) in [6.07, 6.45) is 3.95. The summed E-state index contributed by atoms with van der Waals surface area (Å²) >= 11 is 0. The van der Waals surface area contributed by atoms with E-state index in [9.17, 15) is 18.4 Å². The zero-order valence-electron chi connectivity index (χ0n) is 13.4. The average molecular weight is 337 g/mol. The van der Waals surface area contributed by atoms with Gasteiger partial charge in [-0.05, 0) is 55.7 Å². The Morgan fingerprint density at radius 1 is 1.21 bits per heavy atom. The van der Waals surface area contributed by atoms with Gasteiger partial charge in [-0.25, -0.2) is 8.78 Å². The van der Waals surface area contributed by atoms with E-state index in [1.807, 2.05) is 4.90 Å². The standard InChI is InChI=1S/C18H21F2NO3/c19-15-6-4-11(9-16(15)20)13-10-14(13)18(24)21-8-2-1-3-12(21)5-7-17(22)23/h4,6,9,12-14H,1-3,5,7-8,10H2,(H,22,23)/t12-,13-,14+/m0/s1. The monoisotopic (exact) mass is 337 g/mol. The maximum Gasteiger partial charge on any atom is 0.303 e. The van der Waals surface area contributed by atoms with Gasteiger partial charge >= 0.3 is 5.97 Å². The smallest absolute Gasteiger partial charge is 0.303 e. The number of likely N-dealkylation sites (tertiary alicyclic amines) is 1. The lowest BCUT2D eigenvalue weighted by atomic mass is 9.97. The largest absolute Gasteiger partial charge is 0.481 e. The van der Waals surface area contributed by atoms with E-state index in [1.165, 1.54) is 12.1 Å². The Labute approximate surface area is 139 Å². The van der Waals surface area contributed by atoms with E-state index in [1.54, 1.807) is 0 Å². The number of rotatable bonds is 5. The first kappa shape index (κ1) is 16.9. The van der Waals surface area contributed by atoms with Crippen molar-refractivity contribution in [1.82, 2.24) is 4.90 Å². The molecule has 6 heteroatoms. The molecule has 1 amide bonds. The summed E-state index contributed by atoms with van der Waals surface area (Å²) in [5.74, 6) is -2.84. The molecule has 2 aliphatic rings. The number of hydrogen-bond donors (Lipinski definition) is 1. The number of benzene rings is 1. The molecule has 1 saturated carbocycles. The Hall–Kier alpha value is -1.98. The second-order valence-electron chi connectivity index (χ2n) is 6.74. The van der Waals surface area contributed by atoms with Crippen LogP contribution in [0.5, 0.6) is 0 Å². The van der Waals surface area contributed by atoms with E-state index in [-0.39, 0.29) is 30.2 Å².